The minimum absolute atomic E-state index is 0.0992. The summed E-state index contributed by atoms with van der Waals surface area (Å²) >= 11 is 5.86. The minimum atomic E-state index is -3.53. The Morgan fingerprint density at radius 3 is 2.74 bits per heavy atom. The molecule has 2 rings (SSSR count). The van der Waals surface area contributed by atoms with Gasteiger partial charge in [-0.05, 0) is 37.4 Å². The fraction of sp³-hybridized carbons (Fsp3) is 0.167. The SMILES string of the molecule is CNS(=O)(=O)c1ccc(CNc2cccc(Cl)c2)o1. The molecule has 0 aliphatic heterocycles. The van der Waals surface area contributed by atoms with Crippen LogP contribution in [0.25, 0.3) is 0 Å². The van der Waals surface area contributed by atoms with E-state index in [1.54, 1.807) is 18.2 Å². The molecular weight excluding hydrogens is 288 g/mol. The van der Waals surface area contributed by atoms with Gasteiger partial charge in [0.1, 0.15) is 5.76 Å². The normalized spacial score (nSPS) is 11.5. The summed E-state index contributed by atoms with van der Waals surface area (Å²) in [5.41, 5.74) is 0.835. The Hall–Kier alpha value is -1.50. The van der Waals surface area contributed by atoms with Crippen LogP contribution >= 0.6 is 11.6 Å². The molecule has 0 fully saturated rings. The van der Waals surface area contributed by atoms with Gasteiger partial charge in [-0.25, -0.2) is 13.1 Å². The lowest BCUT2D eigenvalue weighted by Crippen LogP contribution is -2.17. The molecule has 0 spiro atoms. The summed E-state index contributed by atoms with van der Waals surface area (Å²) in [5, 5.41) is 3.62. The highest BCUT2D eigenvalue weighted by Crippen LogP contribution is 2.18. The Kier molecular flexibility index (Phi) is 4.14. The van der Waals surface area contributed by atoms with Crippen LogP contribution in [0, 0.1) is 0 Å². The molecule has 1 aromatic carbocycles. The Bertz CT molecular complexity index is 667. The van der Waals surface area contributed by atoms with Gasteiger partial charge in [0, 0.05) is 10.7 Å². The third-order valence-electron chi connectivity index (χ3n) is 2.46. The number of halogens is 1. The van der Waals surface area contributed by atoms with Crippen LogP contribution in [0.5, 0.6) is 0 Å². The van der Waals surface area contributed by atoms with Crippen molar-refractivity contribution in [3.63, 3.8) is 0 Å². The quantitative estimate of drug-likeness (QED) is 0.890. The van der Waals surface area contributed by atoms with Crippen LogP contribution in [0.2, 0.25) is 5.02 Å². The number of rotatable bonds is 5. The largest absolute Gasteiger partial charge is 0.446 e. The smallest absolute Gasteiger partial charge is 0.273 e. The van der Waals surface area contributed by atoms with Crippen molar-refractivity contribution in [2.24, 2.45) is 0 Å². The number of hydrogen-bond acceptors (Lipinski definition) is 4. The number of furan rings is 1. The molecule has 0 aliphatic rings. The predicted octanol–water partition coefficient (Wildman–Crippen LogP) is 2.45. The van der Waals surface area contributed by atoms with E-state index in [-0.39, 0.29) is 5.09 Å². The highest BCUT2D eigenvalue weighted by atomic mass is 35.5. The topological polar surface area (TPSA) is 71.3 Å². The van der Waals surface area contributed by atoms with Crippen LogP contribution in [0.4, 0.5) is 5.69 Å². The van der Waals surface area contributed by atoms with Crippen LogP contribution < -0.4 is 10.0 Å². The summed E-state index contributed by atoms with van der Waals surface area (Å²) in [6, 6.07) is 10.3. The molecule has 1 heterocycles. The number of hydrogen-bond donors (Lipinski definition) is 2. The van der Waals surface area contributed by atoms with Gasteiger partial charge in [-0.1, -0.05) is 17.7 Å². The molecule has 2 N–H and O–H groups in total. The fourth-order valence-corrected chi connectivity index (χ4v) is 2.34. The molecule has 0 unspecified atom stereocenters. The molecule has 5 nitrogen and oxygen atoms in total. The molecule has 2 aromatic rings. The van der Waals surface area contributed by atoms with E-state index >= 15 is 0 Å². The van der Waals surface area contributed by atoms with E-state index in [9.17, 15) is 8.42 Å². The molecule has 0 bridgehead atoms. The molecule has 7 heteroatoms. The molecular formula is C12H13ClN2O3S. The van der Waals surface area contributed by atoms with E-state index in [0.717, 1.165) is 5.69 Å². The van der Waals surface area contributed by atoms with Crippen LogP contribution in [-0.2, 0) is 16.6 Å². The van der Waals surface area contributed by atoms with Crippen molar-refractivity contribution in [2.75, 3.05) is 12.4 Å². The zero-order valence-corrected chi connectivity index (χ0v) is 11.8. The van der Waals surface area contributed by atoms with E-state index in [4.69, 9.17) is 16.0 Å². The van der Waals surface area contributed by atoms with Gasteiger partial charge in [0.25, 0.3) is 10.0 Å². The van der Waals surface area contributed by atoms with E-state index in [0.29, 0.717) is 17.3 Å². The van der Waals surface area contributed by atoms with Crippen molar-refractivity contribution >= 4 is 27.3 Å². The average molecular weight is 301 g/mol. The van der Waals surface area contributed by atoms with Gasteiger partial charge in [0.05, 0.1) is 6.54 Å². The van der Waals surface area contributed by atoms with E-state index < -0.39 is 10.0 Å². The first-order chi connectivity index (χ1) is 9.01. The summed E-state index contributed by atoms with van der Waals surface area (Å²) in [5.74, 6) is 0.522. The standard InChI is InChI=1S/C12H13ClN2O3S/c1-14-19(16,17)12-6-5-11(18-12)8-15-10-4-2-3-9(13)7-10/h2-7,14-15H,8H2,1H3. The Balaban J connectivity index is 2.05. The van der Waals surface area contributed by atoms with E-state index in [1.807, 2.05) is 12.1 Å². The molecule has 0 aliphatic carbocycles. The minimum Gasteiger partial charge on any atom is -0.446 e. The van der Waals surface area contributed by atoms with Gasteiger partial charge in [-0.3, -0.25) is 0 Å². The second-order valence-electron chi connectivity index (χ2n) is 3.79. The maximum Gasteiger partial charge on any atom is 0.273 e. The Morgan fingerprint density at radius 2 is 2.05 bits per heavy atom. The number of sulfonamides is 1. The summed E-state index contributed by atoms with van der Waals surface area (Å²) in [4.78, 5) is 0. The number of nitrogens with one attached hydrogen (secondary N) is 2. The van der Waals surface area contributed by atoms with Gasteiger partial charge >= 0.3 is 0 Å². The summed E-state index contributed by atoms with van der Waals surface area (Å²) in [7, 11) is -2.20. The third-order valence-corrected chi connectivity index (χ3v) is 3.98. The first kappa shape index (κ1) is 13.9. The second-order valence-corrected chi connectivity index (χ2v) is 6.05. The van der Waals surface area contributed by atoms with Gasteiger partial charge in [0.15, 0.2) is 0 Å². The lowest BCUT2D eigenvalue weighted by atomic mass is 10.3. The Morgan fingerprint density at radius 1 is 1.26 bits per heavy atom. The average Bonchev–Trinajstić information content (AvgIpc) is 2.86. The van der Waals surface area contributed by atoms with Crippen molar-refractivity contribution in [3.05, 3.63) is 47.2 Å². The highest BCUT2D eigenvalue weighted by molar-refractivity contribution is 7.89. The fourth-order valence-electron chi connectivity index (χ4n) is 1.49. The second kappa shape index (κ2) is 5.64. The van der Waals surface area contributed by atoms with Crippen molar-refractivity contribution in [1.82, 2.24) is 4.72 Å². The zero-order chi connectivity index (χ0) is 13.9. The first-order valence-corrected chi connectivity index (χ1v) is 7.39. The van der Waals surface area contributed by atoms with Gasteiger partial charge in [-0.2, -0.15) is 0 Å². The summed E-state index contributed by atoms with van der Waals surface area (Å²) in [6.07, 6.45) is 0. The lowest BCUT2D eigenvalue weighted by Gasteiger charge is -2.04. The van der Waals surface area contributed by atoms with Crippen LogP contribution in [0.1, 0.15) is 5.76 Å². The van der Waals surface area contributed by atoms with Crippen LogP contribution in [-0.4, -0.2) is 15.5 Å². The molecule has 0 radical (unpaired) electrons. The van der Waals surface area contributed by atoms with Crippen molar-refractivity contribution < 1.29 is 12.8 Å². The monoisotopic (exact) mass is 300 g/mol. The summed E-state index contributed by atoms with van der Waals surface area (Å²) in [6.45, 7) is 0.375. The molecule has 0 amide bonds. The summed E-state index contributed by atoms with van der Waals surface area (Å²) < 4.78 is 30.4. The molecule has 1 aromatic heterocycles. The molecule has 0 saturated carbocycles. The lowest BCUT2D eigenvalue weighted by molar-refractivity contribution is 0.417. The van der Waals surface area contributed by atoms with E-state index in [2.05, 4.69) is 10.0 Å². The van der Waals surface area contributed by atoms with Crippen molar-refractivity contribution in [1.29, 1.82) is 0 Å². The van der Waals surface area contributed by atoms with Gasteiger partial charge < -0.3 is 9.73 Å². The molecule has 102 valence electrons. The van der Waals surface area contributed by atoms with Gasteiger partial charge in [0.2, 0.25) is 5.09 Å². The van der Waals surface area contributed by atoms with E-state index in [1.165, 1.54) is 13.1 Å². The Labute approximate surface area is 116 Å². The van der Waals surface area contributed by atoms with Crippen molar-refractivity contribution in [3.8, 4) is 0 Å². The highest BCUT2D eigenvalue weighted by Gasteiger charge is 2.15. The number of anilines is 1. The maximum absolute atomic E-state index is 11.5. The predicted molar refractivity (Wildman–Crippen MR) is 73.7 cm³/mol. The van der Waals surface area contributed by atoms with Crippen LogP contribution in [0.3, 0.4) is 0 Å². The molecule has 0 saturated heterocycles. The third kappa shape index (κ3) is 3.50. The maximum atomic E-state index is 11.5. The van der Waals surface area contributed by atoms with Crippen LogP contribution in [0.15, 0.2) is 45.9 Å². The zero-order valence-electron chi connectivity index (χ0n) is 10.2. The first-order valence-electron chi connectivity index (χ1n) is 5.53. The number of benzene rings is 1. The molecule has 0 atom stereocenters. The van der Waals surface area contributed by atoms with Gasteiger partial charge in [-0.15, -0.1) is 0 Å². The molecule has 19 heavy (non-hydrogen) atoms. The van der Waals surface area contributed by atoms with Crippen molar-refractivity contribution in [2.45, 2.75) is 11.6 Å².